The van der Waals surface area contributed by atoms with Crippen LogP contribution in [-0.2, 0) is 17.9 Å². The molecule has 30 heavy (non-hydrogen) atoms. The average Bonchev–Trinajstić information content (AvgIpc) is 3.28. The molecule has 4 heterocycles. The first-order valence-corrected chi connectivity index (χ1v) is 9.74. The minimum Gasteiger partial charge on any atom is -0.377 e. The number of methoxy groups -OCH3 is 1. The van der Waals surface area contributed by atoms with Crippen LogP contribution in [0, 0.1) is 18.8 Å². The Morgan fingerprint density at radius 3 is 2.87 bits per heavy atom. The van der Waals surface area contributed by atoms with Gasteiger partial charge in [-0.25, -0.2) is 9.97 Å². The fourth-order valence-electron chi connectivity index (χ4n) is 3.55. The summed E-state index contributed by atoms with van der Waals surface area (Å²) in [5, 5.41) is 9.36. The lowest BCUT2D eigenvalue weighted by Gasteiger charge is -2.08. The van der Waals surface area contributed by atoms with E-state index in [0.717, 1.165) is 34.2 Å². The zero-order valence-corrected chi connectivity index (χ0v) is 17.2. The van der Waals surface area contributed by atoms with Crippen molar-refractivity contribution in [2.24, 2.45) is 0 Å². The molecule has 0 spiro atoms. The largest absolute Gasteiger partial charge is 0.377 e. The van der Waals surface area contributed by atoms with Gasteiger partial charge in [-0.2, -0.15) is 0 Å². The molecule has 0 saturated carbocycles. The second-order valence-electron chi connectivity index (χ2n) is 7.00. The van der Waals surface area contributed by atoms with Gasteiger partial charge in [0.25, 0.3) is 0 Å². The van der Waals surface area contributed by atoms with E-state index in [9.17, 15) is 0 Å². The summed E-state index contributed by atoms with van der Waals surface area (Å²) in [7, 11) is 1.64. The highest BCUT2D eigenvalue weighted by atomic mass is 35.5. The summed E-state index contributed by atoms with van der Waals surface area (Å²) < 4.78 is 9.37. The van der Waals surface area contributed by atoms with E-state index >= 15 is 0 Å². The maximum atomic E-state index is 6.29. The number of hydrogen-bond donors (Lipinski definition) is 0. The Morgan fingerprint density at radius 2 is 2.03 bits per heavy atom. The van der Waals surface area contributed by atoms with E-state index in [1.807, 2.05) is 46.4 Å². The van der Waals surface area contributed by atoms with E-state index in [2.05, 4.69) is 32.0 Å². The summed E-state index contributed by atoms with van der Waals surface area (Å²) in [6.45, 7) is 2.88. The van der Waals surface area contributed by atoms with Crippen LogP contribution in [0.3, 0.4) is 0 Å². The standard InChI is InChI=1S/C22H17ClN6O/c1-14-7-8-24-16(9-14)4-5-18-20-11-28-21(12-30-2)26-27-22(28)17-10-15(23)3-6-19(17)29(20)13-25-18/h3,6-10,13H,11-12H2,1-2H3. The summed E-state index contributed by atoms with van der Waals surface area (Å²) in [6.07, 6.45) is 3.54. The number of aromatic nitrogens is 6. The van der Waals surface area contributed by atoms with Gasteiger partial charge in [-0.05, 0) is 54.7 Å². The Hall–Kier alpha value is -3.47. The van der Waals surface area contributed by atoms with Crippen molar-refractivity contribution < 1.29 is 4.74 Å². The first-order chi connectivity index (χ1) is 14.6. The molecule has 148 valence electrons. The van der Waals surface area contributed by atoms with E-state index < -0.39 is 0 Å². The van der Waals surface area contributed by atoms with Crippen LogP contribution in [-0.4, -0.2) is 36.4 Å². The molecule has 1 aliphatic rings. The second-order valence-corrected chi connectivity index (χ2v) is 7.44. The Bertz CT molecular complexity index is 1330. The number of ether oxygens (including phenoxy) is 1. The number of rotatable bonds is 2. The molecule has 4 aromatic rings. The van der Waals surface area contributed by atoms with Gasteiger partial charge in [0.2, 0.25) is 0 Å². The van der Waals surface area contributed by atoms with Gasteiger partial charge in [-0.15, -0.1) is 10.2 Å². The fraction of sp³-hybridized carbons (Fsp3) is 0.182. The normalized spacial score (nSPS) is 11.7. The molecule has 0 saturated heterocycles. The van der Waals surface area contributed by atoms with Gasteiger partial charge in [0.05, 0.1) is 17.9 Å². The Labute approximate surface area is 178 Å². The zero-order chi connectivity index (χ0) is 20.7. The maximum Gasteiger partial charge on any atom is 0.166 e. The lowest BCUT2D eigenvalue weighted by molar-refractivity contribution is 0.174. The van der Waals surface area contributed by atoms with Gasteiger partial charge in [0.1, 0.15) is 24.3 Å². The summed E-state index contributed by atoms with van der Waals surface area (Å²) in [4.78, 5) is 8.89. The topological polar surface area (TPSA) is 70.7 Å². The third-order valence-corrected chi connectivity index (χ3v) is 5.19. The molecule has 0 unspecified atom stereocenters. The van der Waals surface area contributed by atoms with Crippen molar-refractivity contribution >= 4 is 11.6 Å². The van der Waals surface area contributed by atoms with Crippen molar-refractivity contribution in [3.63, 3.8) is 0 Å². The SMILES string of the molecule is COCc1nnc2n1Cc1c(C#Cc3cc(C)ccn3)ncn1-c1ccc(Cl)cc1-2. The van der Waals surface area contributed by atoms with Crippen LogP contribution >= 0.6 is 11.6 Å². The fourth-order valence-corrected chi connectivity index (χ4v) is 3.72. The van der Waals surface area contributed by atoms with Crippen molar-refractivity contribution in [3.8, 4) is 28.9 Å². The molecule has 0 bridgehead atoms. The lowest BCUT2D eigenvalue weighted by Crippen LogP contribution is -2.09. The molecule has 8 heteroatoms. The Morgan fingerprint density at radius 1 is 1.13 bits per heavy atom. The summed E-state index contributed by atoms with van der Waals surface area (Å²) in [5.74, 6) is 7.78. The number of halogens is 1. The first-order valence-electron chi connectivity index (χ1n) is 9.36. The molecule has 0 fully saturated rings. The van der Waals surface area contributed by atoms with E-state index in [1.54, 1.807) is 19.6 Å². The zero-order valence-electron chi connectivity index (χ0n) is 16.4. The molecule has 5 rings (SSSR count). The summed E-state index contributed by atoms with van der Waals surface area (Å²) in [6, 6.07) is 9.61. The van der Waals surface area contributed by atoms with Crippen LogP contribution in [0.25, 0.3) is 17.1 Å². The molecular formula is C22H17ClN6O. The number of pyridine rings is 1. The highest BCUT2D eigenvalue weighted by molar-refractivity contribution is 6.31. The minimum absolute atomic E-state index is 0.352. The molecule has 0 aliphatic carbocycles. The third-order valence-electron chi connectivity index (χ3n) is 4.96. The molecule has 0 atom stereocenters. The number of aryl methyl sites for hydroxylation is 1. The Kier molecular flexibility index (Phi) is 4.58. The highest BCUT2D eigenvalue weighted by Gasteiger charge is 2.25. The minimum atomic E-state index is 0.352. The molecular weight excluding hydrogens is 400 g/mol. The molecule has 0 amide bonds. The van der Waals surface area contributed by atoms with Gasteiger partial charge in [-0.3, -0.25) is 4.57 Å². The van der Waals surface area contributed by atoms with E-state index in [0.29, 0.717) is 29.6 Å². The van der Waals surface area contributed by atoms with Crippen molar-refractivity contribution in [3.05, 3.63) is 76.3 Å². The van der Waals surface area contributed by atoms with Crippen LogP contribution in [0.15, 0.2) is 42.9 Å². The predicted molar refractivity (Wildman–Crippen MR) is 112 cm³/mol. The number of fused-ring (bicyclic) bond motifs is 5. The molecule has 0 radical (unpaired) electrons. The number of hydrogen-bond acceptors (Lipinski definition) is 5. The van der Waals surface area contributed by atoms with E-state index in [-0.39, 0.29) is 0 Å². The van der Waals surface area contributed by atoms with Gasteiger partial charge in [0, 0.05) is 23.9 Å². The van der Waals surface area contributed by atoms with Crippen molar-refractivity contribution in [1.29, 1.82) is 0 Å². The van der Waals surface area contributed by atoms with Crippen molar-refractivity contribution in [2.75, 3.05) is 7.11 Å². The average molecular weight is 417 g/mol. The molecule has 7 nitrogen and oxygen atoms in total. The predicted octanol–water partition coefficient (Wildman–Crippen LogP) is 3.40. The van der Waals surface area contributed by atoms with E-state index in [1.165, 1.54) is 0 Å². The van der Waals surface area contributed by atoms with Gasteiger partial charge in [-0.1, -0.05) is 11.6 Å². The van der Waals surface area contributed by atoms with Gasteiger partial charge in [0.15, 0.2) is 11.6 Å². The van der Waals surface area contributed by atoms with Gasteiger partial charge < -0.3 is 9.30 Å². The second kappa shape index (κ2) is 7.41. The Balaban J connectivity index is 1.68. The van der Waals surface area contributed by atoms with Gasteiger partial charge >= 0.3 is 0 Å². The first kappa shape index (κ1) is 18.6. The number of benzene rings is 1. The van der Waals surface area contributed by atoms with Crippen LogP contribution in [0.1, 0.15) is 28.5 Å². The third kappa shape index (κ3) is 3.16. The lowest BCUT2D eigenvalue weighted by atomic mass is 10.1. The summed E-state index contributed by atoms with van der Waals surface area (Å²) in [5.41, 5.74) is 5.26. The molecule has 0 N–H and O–H groups in total. The van der Waals surface area contributed by atoms with Crippen LogP contribution in [0.5, 0.6) is 0 Å². The monoisotopic (exact) mass is 416 g/mol. The molecule has 3 aromatic heterocycles. The van der Waals surface area contributed by atoms with Crippen molar-refractivity contribution in [1.82, 2.24) is 29.3 Å². The summed E-state index contributed by atoms with van der Waals surface area (Å²) >= 11 is 6.29. The quantitative estimate of drug-likeness (QED) is 0.412. The van der Waals surface area contributed by atoms with Crippen LogP contribution in [0.2, 0.25) is 5.02 Å². The smallest absolute Gasteiger partial charge is 0.166 e. The number of nitrogens with zero attached hydrogens (tertiary/aromatic N) is 6. The van der Waals surface area contributed by atoms with Crippen molar-refractivity contribution in [2.45, 2.75) is 20.1 Å². The molecule has 1 aliphatic heterocycles. The van der Waals surface area contributed by atoms with E-state index in [4.69, 9.17) is 16.3 Å². The number of imidazole rings is 1. The maximum absolute atomic E-state index is 6.29. The molecule has 1 aromatic carbocycles. The highest BCUT2D eigenvalue weighted by Crippen LogP contribution is 2.34. The van der Waals surface area contributed by atoms with Crippen LogP contribution in [0.4, 0.5) is 0 Å². The van der Waals surface area contributed by atoms with Crippen LogP contribution < -0.4 is 0 Å².